The minimum Gasteiger partial charge on any atom is -0.246 e. The van der Waals surface area contributed by atoms with Crippen molar-refractivity contribution in [1.82, 2.24) is 4.98 Å². The molecule has 2 aromatic rings. The first kappa shape index (κ1) is 10.4. The molecule has 0 radical (unpaired) electrons. The molecule has 78 valence electrons. The van der Waals surface area contributed by atoms with E-state index in [2.05, 4.69) is 37.0 Å². The summed E-state index contributed by atoms with van der Waals surface area (Å²) in [5.41, 5.74) is 5.18. The second-order valence-corrected chi connectivity index (χ2v) is 3.79. The van der Waals surface area contributed by atoms with Gasteiger partial charge in [0, 0.05) is 6.20 Å². The van der Waals surface area contributed by atoms with E-state index in [1.165, 1.54) is 16.7 Å². The van der Waals surface area contributed by atoms with Crippen molar-refractivity contribution in [2.45, 2.75) is 13.8 Å². The van der Waals surface area contributed by atoms with Crippen molar-refractivity contribution in [3.63, 3.8) is 0 Å². The number of nitriles is 1. The van der Waals surface area contributed by atoms with Gasteiger partial charge in [0.2, 0.25) is 0 Å². The molecule has 2 rings (SSSR count). The first-order valence-corrected chi connectivity index (χ1v) is 5.15. The number of hydrogen-bond acceptors (Lipinski definition) is 2. The van der Waals surface area contributed by atoms with Gasteiger partial charge in [-0.05, 0) is 48.2 Å². The third-order valence-electron chi connectivity index (χ3n) is 2.79. The molecule has 16 heavy (non-hydrogen) atoms. The summed E-state index contributed by atoms with van der Waals surface area (Å²) < 4.78 is 0. The fourth-order valence-electron chi connectivity index (χ4n) is 1.72. The van der Waals surface area contributed by atoms with Gasteiger partial charge in [0.25, 0.3) is 0 Å². The Labute approximate surface area is 95.2 Å². The van der Waals surface area contributed by atoms with Crippen molar-refractivity contribution < 1.29 is 0 Å². The number of aromatic nitrogens is 1. The molecule has 1 aromatic carbocycles. The Balaban J connectivity index is 2.59. The van der Waals surface area contributed by atoms with Crippen LogP contribution in [0.4, 0.5) is 0 Å². The standard InChI is InChI=1S/C14H12N2/c1-10-4-3-5-14(11(10)2)12-6-7-16-13(8-12)9-15/h3-8H,1-2H3. The van der Waals surface area contributed by atoms with Crippen LogP contribution in [0.3, 0.4) is 0 Å². The monoisotopic (exact) mass is 208 g/mol. The lowest BCUT2D eigenvalue weighted by Gasteiger charge is -2.08. The van der Waals surface area contributed by atoms with Gasteiger partial charge in [0.05, 0.1) is 0 Å². The van der Waals surface area contributed by atoms with E-state index in [0.717, 1.165) is 5.56 Å². The first-order chi connectivity index (χ1) is 7.72. The van der Waals surface area contributed by atoms with Gasteiger partial charge in [-0.3, -0.25) is 0 Å². The van der Waals surface area contributed by atoms with Crippen molar-refractivity contribution in [1.29, 1.82) is 5.26 Å². The third-order valence-corrected chi connectivity index (χ3v) is 2.79. The molecule has 0 saturated carbocycles. The normalized spacial score (nSPS) is 9.81. The quantitative estimate of drug-likeness (QED) is 0.721. The van der Waals surface area contributed by atoms with Gasteiger partial charge < -0.3 is 0 Å². The molecule has 0 amide bonds. The Bertz CT molecular complexity index is 565. The Hall–Kier alpha value is -2.14. The van der Waals surface area contributed by atoms with Gasteiger partial charge in [-0.1, -0.05) is 18.2 Å². The van der Waals surface area contributed by atoms with E-state index in [1.54, 1.807) is 6.20 Å². The summed E-state index contributed by atoms with van der Waals surface area (Å²) in [6, 6.07) is 12.0. The summed E-state index contributed by atoms with van der Waals surface area (Å²) in [6.45, 7) is 4.18. The lowest BCUT2D eigenvalue weighted by molar-refractivity contribution is 1.26. The molecule has 2 nitrogen and oxygen atoms in total. The molecule has 0 spiro atoms. The van der Waals surface area contributed by atoms with Crippen LogP contribution in [-0.4, -0.2) is 4.98 Å². The van der Waals surface area contributed by atoms with Crippen LogP contribution in [0.1, 0.15) is 16.8 Å². The van der Waals surface area contributed by atoms with Crippen LogP contribution in [0, 0.1) is 25.2 Å². The van der Waals surface area contributed by atoms with Crippen LogP contribution < -0.4 is 0 Å². The highest BCUT2D eigenvalue weighted by Gasteiger charge is 2.04. The van der Waals surface area contributed by atoms with E-state index in [9.17, 15) is 0 Å². The molecule has 0 fully saturated rings. The molecule has 0 aliphatic heterocycles. The molecule has 1 aromatic heterocycles. The lowest BCUT2D eigenvalue weighted by atomic mass is 9.97. The summed E-state index contributed by atoms with van der Waals surface area (Å²) in [5, 5.41) is 8.82. The predicted molar refractivity (Wildman–Crippen MR) is 63.9 cm³/mol. The van der Waals surface area contributed by atoms with Gasteiger partial charge in [-0.25, -0.2) is 4.98 Å². The van der Waals surface area contributed by atoms with E-state index in [0.29, 0.717) is 5.69 Å². The Morgan fingerprint density at radius 1 is 1.19 bits per heavy atom. The lowest BCUT2D eigenvalue weighted by Crippen LogP contribution is -1.89. The van der Waals surface area contributed by atoms with Crippen molar-refractivity contribution in [2.75, 3.05) is 0 Å². The molecule has 0 bridgehead atoms. The summed E-state index contributed by atoms with van der Waals surface area (Å²) in [4.78, 5) is 3.97. The molecule has 0 unspecified atom stereocenters. The SMILES string of the molecule is Cc1cccc(-c2ccnc(C#N)c2)c1C. The second-order valence-electron chi connectivity index (χ2n) is 3.79. The van der Waals surface area contributed by atoms with E-state index in [1.807, 2.05) is 18.2 Å². The van der Waals surface area contributed by atoms with Crippen molar-refractivity contribution in [3.8, 4) is 17.2 Å². The highest BCUT2D eigenvalue weighted by Crippen LogP contribution is 2.25. The summed E-state index contributed by atoms with van der Waals surface area (Å²) >= 11 is 0. The van der Waals surface area contributed by atoms with Crippen LogP contribution in [0.5, 0.6) is 0 Å². The summed E-state index contributed by atoms with van der Waals surface area (Å²) in [5.74, 6) is 0. The maximum atomic E-state index is 8.82. The predicted octanol–water partition coefficient (Wildman–Crippen LogP) is 3.24. The number of rotatable bonds is 1. The third kappa shape index (κ3) is 1.80. The number of benzene rings is 1. The highest BCUT2D eigenvalue weighted by atomic mass is 14.7. The van der Waals surface area contributed by atoms with Crippen LogP contribution in [0.2, 0.25) is 0 Å². The van der Waals surface area contributed by atoms with Gasteiger partial charge in [-0.15, -0.1) is 0 Å². The van der Waals surface area contributed by atoms with Gasteiger partial charge in [-0.2, -0.15) is 5.26 Å². The van der Waals surface area contributed by atoms with E-state index >= 15 is 0 Å². The molecule has 2 heteroatoms. The number of nitrogens with zero attached hydrogens (tertiary/aromatic N) is 2. The average Bonchev–Trinajstić information content (AvgIpc) is 2.33. The summed E-state index contributed by atoms with van der Waals surface area (Å²) in [7, 11) is 0. The molecule has 0 saturated heterocycles. The van der Waals surface area contributed by atoms with E-state index in [4.69, 9.17) is 5.26 Å². The second kappa shape index (κ2) is 4.16. The molecule has 0 N–H and O–H groups in total. The fourth-order valence-corrected chi connectivity index (χ4v) is 1.72. The Morgan fingerprint density at radius 2 is 2.00 bits per heavy atom. The fraction of sp³-hybridized carbons (Fsp3) is 0.143. The summed E-state index contributed by atoms with van der Waals surface area (Å²) in [6.07, 6.45) is 1.68. The Morgan fingerprint density at radius 3 is 2.75 bits per heavy atom. The van der Waals surface area contributed by atoms with Crippen LogP contribution >= 0.6 is 0 Å². The van der Waals surface area contributed by atoms with E-state index < -0.39 is 0 Å². The van der Waals surface area contributed by atoms with E-state index in [-0.39, 0.29) is 0 Å². The average molecular weight is 208 g/mol. The van der Waals surface area contributed by atoms with Crippen LogP contribution in [0.15, 0.2) is 36.5 Å². The largest absolute Gasteiger partial charge is 0.246 e. The molecular weight excluding hydrogens is 196 g/mol. The Kier molecular flexibility index (Phi) is 2.70. The molecule has 1 heterocycles. The maximum Gasteiger partial charge on any atom is 0.141 e. The number of hydrogen-bond donors (Lipinski definition) is 0. The van der Waals surface area contributed by atoms with Crippen molar-refractivity contribution >= 4 is 0 Å². The molecular formula is C14H12N2. The highest BCUT2D eigenvalue weighted by molar-refractivity contribution is 5.68. The van der Waals surface area contributed by atoms with Crippen LogP contribution in [-0.2, 0) is 0 Å². The molecule has 0 atom stereocenters. The zero-order chi connectivity index (χ0) is 11.5. The molecule has 0 aliphatic rings. The zero-order valence-corrected chi connectivity index (χ0v) is 9.36. The number of pyridine rings is 1. The smallest absolute Gasteiger partial charge is 0.141 e. The minimum absolute atomic E-state index is 0.457. The topological polar surface area (TPSA) is 36.7 Å². The molecule has 0 aliphatic carbocycles. The van der Waals surface area contributed by atoms with Crippen molar-refractivity contribution in [3.05, 3.63) is 53.3 Å². The maximum absolute atomic E-state index is 8.82. The minimum atomic E-state index is 0.457. The van der Waals surface area contributed by atoms with Gasteiger partial charge in [0.15, 0.2) is 0 Å². The zero-order valence-electron chi connectivity index (χ0n) is 9.36. The van der Waals surface area contributed by atoms with Gasteiger partial charge in [0.1, 0.15) is 11.8 Å². The van der Waals surface area contributed by atoms with Crippen molar-refractivity contribution in [2.24, 2.45) is 0 Å². The number of aryl methyl sites for hydroxylation is 1. The first-order valence-electron chi connectivity index (χ1n) is 5.15. The van der Waals surface area contributed by atoms with Gasteiger partial charge >= 0.3 is 0 Å². The van der Waals surface area contributed by atoms with Crippen LogP contribution in [0.25, 0.3) is 11.1 Å².